The van der Waals surface area contributed by atoms with Gasteiger partial charge < -0.3 is 14.8 Å². The van der Waals surface area contributed by atoms with Crippen LogP contribution in [0.5, 0.6) is 17.4 Å². The van der Waals surface area contributed by atoms with Gasteiger partial charge in [-0.25, -0.2) is 14.6 Å². The number of rotatable bonds is 9. The van der Waals surface area contributed by atoms with Crippen LogP contribution in [0, 0.1) is 6.92 Å². The van der Waals surface area contributed by atoms with E-state index in [2.05, 4.69) is 44.6 Å². The van der Waals surface area contributed by atoms with E-state index in [1.807, 2.05) is 109 Å². The van der Waals surface area contributed by atoms with Crippen LogP contribution in [-0.2, 0) is 6.61 Å². The minimum absolute atomic E-state index is 0.381. The summed E-state index contributed by atoms with van der Waals surface area (Å²) in [6.07, 6.45) is 7.08. The Bertz CT molecular complexity index is 2370. The van der Waals surface area contributed by atoms with E-state index >= 15 is 0 Å². The van der Waals surface area contributed by atoms with E-state index < -0.39 is 0 Å². The van der Waals surface area contributed by atoms with E-state index in [1.54, 1.807) is 18.6 Å². The van der Waals surface area contributed by atoms with Crippen molar-refractivity contribution in [3.05, 3.63) is 151 Å². The summed E-state index contributed by atoms with van der Waals surface area (Å²) in [6.45, 7) is 2.41. The molecular formula is C39H29N7O2. The van der Waals surface area contributed by atoms with Gasteiger partial charge >= 0.3 is 0 Å². The fraction of sp³-hybridized carbons (Fsp3) is 0.0513. The molecular weight excluding hydrogens is 598 g/mol. The Morgan fingerprint density at radius 3 is 2.35 bits per heavy atom. The van der Waals surface area contributed by atoms with Gasteiger partial charge in [-0.3, -0.25) is 9.97 Å². The van der Waals surface area contributed by atoms with Crippen LogP contribution in [0.4, 0.5) is 11.5 Å². The van der Waals surface area contributed by atoms with Crippen molar-refractivity contribution >= 4 is 33.3 Å². The highest BCUT2D eigenvalue weighted by Gasteiger charge is 2.10. The van der Waals surface area contributed by atoms with E-state index in [0.29, 0.717) is 24.0 Å². The molecule has 232 valence electrons. The lowest BCUT2D eigenvalue weighted by Gasteiger charge is -2.12. The number of nitrogens with zero attached hydrogens (tertiary/aromatic N) is 6. The van der Waals surface area contributed by atoms with Crippen LogP contribution in [0.2, 0.25) is 0 Å². The summed E-state index contributed by atoms with van der Waals surface area (Å²) in [5.41, 5.74) is 7.53. The molecule has 0 fully saturated rings. The van der Waals surface area contributed by atoms with Gasteiger partial charge in [0.2, 0.25) is 5.88 Å². The van der Waals surface area contributed by atoms with Crippen molar-refractivity contribution in [2.45, 2.75) is 13.5 Å². The molecule has 0 atom stereocenters. The summed E-state index contributed by atoms with van der Waals surface area (Å²) in [5.74, 6) is 2.46. The molecule has 0 aliphatic rings. The third-order valence-electron chi connectivity index (χ3n) is 7.97. The van der Waals surface area contributed by atoms with Crippen LogP contribution in [0.3, 0.4) is 0 Å². The minimum Gasteiger partial charge on any atom is -0.485 e. The maximum absolute atomic E-state index is 6.17. The minimum atomic E-state index is 0.381. The first kappa shape index (κ1) is 28.8. The zero-order valence-corrected chi connectivity index (χ0v) is 26.0. The molecule has 8 aromatic rings. The number of anilines is 2. The third kappa shape index (κ3) is 6.12. The first-order valence-corrected chi connectivity index (χ1v) is 15.5. The Kier molecular flexibility index (Phi) is 7.60. The number of ether oxygens (including phenoxy) is 2. The first-order chi connectivity index (χ1) is 23.6. The van der Waals surface area contributed by atoms with E-state index in [1.165, 1.54) is 0 Å². The van der Waals surface area contributed by atoms with Crippen molar-refractivity contribution in [3.63, 3.8) is 0 Å². The Balaban J connectivity index is 0.919. The largest absolute Gasteiger partial charge is 0.485 e. The molecule has 8 rings (SSSR count). The smallest absolute Gasteiger partial charge is 0.220 e. The summed E-state index contributed by atoms with van der Waals surface area (Å²) in [4.78, 5) is 18.2. The summed E-state index contributed by atoms with van der Waals surface area (Å²) in [6, 6.07) is 37.7. The maximum Gasteiger partial charge on any atom is 0.220 e. The zero-order chi connectivity index (χ0) is 32.3. The average Bonchev–Trinajstić information content (AvgIpc) is 3.57. The molecule has 1 N–H and O–H groups in total. The van der Waals surface area contributed by atoms with Crippen molar-refractivity contribution in [1.29, 1.82) is 0 Å². The first-order valence-electron chi connectivity index (χ1n) is 15.5. The Labute approximate surface area is 276 Å². The highest BCUT2D eigenvalue weighted by atomic mass is 16.5. The molecule has 0 aliphatic carbocycles. The predicted molar refractivity (Wildman–Crippen MR) is 187 cm³/mol. The van der Waals surface area contributed by atoms with Gasteiger partial charge in [-0.15, -0.1) is 0 Å². The topological polar surface area (TPSA) is 99.9 Å². The van der Waals surface area contributed by atoms with Crippen molar-refractivity contribution in [2.24, 2.45) is 0 Å². The molecule has 0 saturated heterocycles. The Hall–Kier alpha value is -6.61. The lowest BCUT2D eigenvalue weighted by Crippen LogP contribution is -1.99. The fourth-order valence-electron chi connectivity index (χ4n) is 5.43. The van der Waals surface area contributed by atoms with Gasteiger partial charge in [-0.05, 0) is 85.3 Å². The molecule has 0 saturated carbocycles. The summed E-state index contributed by atoms with van der Waals surface area (Å²) in [5, 5.41) is 9.77. The van der Waals surface area contributed by atoms with Gasteiger partial charge in [0, 0.05) is 46.2 Å². The van der Waals surface area contributed by atoms with Crippen molar-refractivity contribution < 1.29 is 9.47 Å². The maximum atomic E-state index is 6.17. The number of pyridine rings is 4. The molecule has 5 heterocycles. The van der Waals surface area contributed by atoms with Gasteiger partial charge in [-0.1, -0.05) is 36.4 Å². The van der Waals surface area contributed by atoms with E-state index in [-0.39, 0.29) is 0 Å². The average molecular weight is 628 g/mol. The van der Waals surface area contributed by atoms with Gasteiger partial charge in [0.15, 0.2) is 11.5 Å². The standard InChI is InChI=1S/C39H29N7O2/c1-26-18-21-42-46(26)32-14-12-31(13-15-32)43-38-16-10-30-22-33(41-24-35(30)44-38)28-8-6-27(7-9-28)25-47-36-4-2-3-5-37(36)48-39-17-11-29-19-20-40-23-34(29)45-39/h2-24H,25H2,1H3,(H,43,44). The molecule has 48 heavy (non-hydrogen) atoms. The van der Waals surface area contributed by atoms with Gasteiger partial charge in [-0.2, -0.15) is 5.10 Å². The van der Waals surface area contributed by atoms with Crippen LogP contribution in [-0.4, -0.2) is 29.7 Å². The summed E-state index contributed by atoms with van der Waals surface area (Å²) in [7, 11) is 0. The van der Waals surface area contributed by atoms with E-state index in [0.717, 1.165) is 61.5 Å². The van der Waals surface area contributed by atoms with Crippen LogP contribution >= 0.6 is 0 Å². The predicted octanol–water partition coefficient (Wildman–Crippen LogP) is 8.85. The van der Waals surface area contributed by atoms with E-state index in [9.17, 15) is 0 Å². The number of hydrogen-bond donors (Lipinski definition) is 1. The molecule has 9 heteroatoms. The van der Waals surface area contributed by atoms with Gasteiger partial charge in [0.25, 0.3) is 0 Å². The van der Waals surface area contributed by atoms with Gasteiger partial charge in [0.1, 0.15) is 12.4 Å². The van der Waals surface area contributed by atoms with Crippen molar-refractivity contribution in [3.8, 4) is 34.3 Å². The van der Waals surface area contributed by atoms with Crippen LogP contribution in [0.25, 0.3) is 38.8 Å². The molecule has 5 aromatic heterocycles. The number of hydrogen-bond acceptors (Lipinski definition) is 8. The highest BCUT2D eigenvalue weighted by molar-refractivity contribution is 5.84. The summed E-state index contributed by atoms with van der Waals surface area (Å²) >= 11 is 0. The molecule has 3 aromatic carbocycles. The number of aromatic nitrogens is 6. The van der Waals surface area contributed by atoms with Crippen molar-refractivity contribution in [2.75, 3.05) is 5.32 Å². The second kappa shape index (κ2) is 12.6. The molecule has 0 unspecified atom stereocenters. The molecule has 0 radical (unpaired) electrons. The van der Waals surface area contributed by atoms with E-state index in [4.69, 9.17) is 19.4 Å². The molecule has 0 spiro atoms. The number of para-hydroxylation sites is 2. The third-order valence-corrected chi connectivity index (χ3v) is 7.97. The normalized spacial score (nSPS) is 11.1. The van der Waals surface area contributed by atoms with Crippen molar-refractivity contribution in [1.82, 2.24) is 29.7 Å². The van der Waals surface area contributed by atoms with Gasteiger partial charge in [0.05, 0.1) is 34.8 Å². The Morgan fingerprint density at radius 2 is 1.52 bits per heavy atom. The quantitative estimate of drug-likeness (QED) is 0.169. The number of nitrogens with one attached hydrogen (secondary N) is 1. The summed E-state index contributed by atoms with van der Waals surface area (Å²) < 4.78 is 14.2. The van der Waals surface area contributed by atoms with Crippen LogP contribution in [0.15, 0.2) is 140 Å². The molecule has 0 aliphatic heterocycles. The zero-order valence-electron chi connectivity index (χ0n) is 26.0. The van der Waals surface area contributed by atoms with Crippen LogP contribution in [0.1, 0.15) is 11.3 Å². The molecule has 0 amide bonds. The monoisotopic (exact) mass is 627 g/mol. The molecule has 9 nitrogen and oxygen atoms in total. The number of aryl methyl sites for hydroxylation is 1. The second-order valence-corrected chi connectivity index (χ2v) is 11.3. The lowest BCUT2D eigenvalue weighted by molar-refractivity contribution is 0.290. The highest BCUT2D eigenvalue weighted by Crippen LogP contribution is 2.32. The van der Waals surface area contributed by atoms with Crippen LogP contribution < -0.4 is 14.8 Å². The molecule has 0 bridgehead atoms. The number of benzene rings is 3. The SMILES string of the molecule is Cc1ccnn1-c1ccc(Nc2ccc3cc(-c4ccc(COc5ccccc5Oc5ccc6ccncc6n5)cc4)ncc3n2)cc1. The second-order valence-electron chi connectivity index (χ2n) is 11.3. The fourth-order valence-corrected chi connectivity index (χ4v) is 5.43. The lowest BCUT2D eigenvalue weighted by atomic mass is 10.1. The number of fused-ring (bicyclic) bond motifs is 2. The Morgan fingerprint density at radius 1 is 0.708 bits per heavy atom.